The van der Waals surface area contributed by atoms with Crippen LogP contribution >= 0.6 is 0 Å². The molecule has 55 heavy (non-hydrogen) atoms. The molecule has 5 atom stereocenters. The number of aliphatic hydroxyl groups excluding tert-OH is 1. The molecule has 0 spiro atoms. The van der Waals surface area contributed by atoms with Crippen LogP contribution in [0.4, 0.5) is 11.4 Å². The van der Waals surface area contributed by atoms with Gasteiger partial charge in [0.25, 0.3) is 0 Å². The van der Waals surface area contributed by atoms with Crippen molar-refractivity contribution in [2.45, 2.75) is 103 Å². The van der Waals surface area contributed by atoms with Crippen LogP contribution in [0.3, 0.4) is 0 Å². The molecule has 0 radical (unpaired) electrons. The monoisotopic (exact) mass is 744 g/mol. The van der Waals surface area contributed by atoms with E-state index in [1.807, 2.05) is 42.5 Å². The number of nitrogen functional groups attached to an aromatic ring is 1. The molecule has 2 bridgehead atoms. The van der Waals surface area contributed by atoms with E-state index >= 15 is 0 Å². The summed E-state index contributed by atoms with van der Waals surface area (Å²) in [5.41, 5.74) is 13.7. The number of carbonyl (C=O) groups excluding carboxylic acids is 2. The normalized spacial score (nSPS) is 24.7. The average molecular weight is 745 g/mol. The summed E-state index contributed by atoms with van der Waals surface area (Å²) in [6.07, 6.45) is 4.77. The molecule has 2 aliphatic heterocycles. The molecular weight excluding hydrogens is 689 g/mol. The minimum Gasteiger partial charge on any atom is -0.397 e. The Hall–Kier alpha value is -4.54. The molecule has 4 aromatic rings. The zero-order valence-corrected chi connectivity index (χ0v) is 32.4. The van der Waals surface area contributed by atoms with Crippen LogP contribution < -0.4 is 16.4 Å². The molecular formula is C46H56N4O5. The number of nitrogens with zero attached hydrogens (tertiary/aromatic N) is 1. The molecule has 1 saturated carbocycles. The first-order chi connectivity index (χ1) is 26.5. The molecule has 4 aromatic carbocycles. The predicted molar refractivity (Wildman–Crippen MR) is 217 cm³/mol. The molecule has 9 nitrogen and oxygen atoms in total. The number of anilines is 2. The van der Waals surface area contributed by atoms with Crippen LogP contribution in [-0.2, 0) is 32.2 Å². The van der Waals surface area contributed by atoms with E-state index in [-0.39, 0.29) is 43.5 Å². The fourth-order valence-electron chi connectivity index (χ4n) is 9.38. The highest BCUT2D eigenvalue weighted by atomic mass is 16.7. The van der Waals surface area contributed by atoms with Crippen molar-refractivity contribution in [3.63, 3.8) is 0 Å². The van der Waals surface area contributed by atoms with E-state index < -0.39 is 6.29 Å². The van der Waals surface area contributed by atoms with Gasteiger partial charge in [0.1, 0.15) is 0 Å². The van der Waals surface area contributed by atoms with Gasteiger partial charge in [-0.05, 0) is 76.5 Å². The summed E-state index contributed by atoms with van der Waals surface area (Å²) in [5, 5.41) is 15.5. The number of carbonyl (C=O) groups is 2. The van der Waals surface area contributed by atoms with Gasteiger partial charge in [-0.3, -0.25) is 14.5 Å². The largest absolute Gasteiger partial charge is 0.397 e. The number of nitrogens with two attached hydrogens (primary N) is 1. The Labute approximate surface area is 325 Å². The van der Waals surface area contributed by atoms with Crippen molar-refractivity contribution in [1.29, 1.82) is 0 Å². The van der Waals surface area contributed by atoms with Gasteiger partial charge in [0.2, 0.25) is 11.8 Å². The lowest BCUT2D eigenvalue weighted by atomic mass is 9.65. The van der Waals surface area contributed by atoms with Crippen molar-refractivity contribution >= 4 is 23.2 Å². The lowest BCUT2D eigenvalue weighted by Crippen LogP contribution is -2.42. The van der Waals surface area contributed by atoms with Crippen LogP contribution in [0.2, 0.25) is 0 Å². The standard InChI is InChI=1S/C46H56N4O5/c1-45(2)24-36-25-46(3,29-45)30-50(36)27-37-23-41(33-17-15-31(28-51)16-18-33)55-44(54-37)34-21-19-32(20-22-34)38-10-5-4-9-35(38)26-48-42(52)13-8-14-43(53)49-40-12-7-6-11-39(40)47/h4-7,9-12,15-22,36-37,41,44,51H,8,13-14,23-30,47H2,1-3H3,(H,48,52)(H,49,53)/t36?,37-,41+,44+,46?/m0/s1. The summed E-state index contributed by atoms with van der Waals surface area (Å²) in [5.74, 6) is -0.271. The number of hydrogen-bond donors (Lipinski definition) is 4. The summed E-state index contributed by atoms with van der Waals surface area (Å²) < 4.78 is 13.5. The Morgan fingerprint density at radius 3 is 2.33 bits per heavy atom. The lowest BCUT2D eigenvalue weighted by Gasteiger charge is -2.41. The van der Waals surface area contributed by atoms with Crippen molar-refractivity contribution in [2.75, 3.05) is 24.1 Å². The lowest BCUT2D eigenvalue weighted by molar-refractivity contribution is -0.253. The maximum absolute atomic E-state index is 12.8. The maximum atomic E-state index is 12.8. The molecule has 2 amide bonds. The van der Waals surface area contributed by atoms with Gasteiger partial charge in [-0.2, -0.15) is 0 Å². The number of hydrogen-bond acceptors (Lipinski definition) is 7. The molecule has 3 aliphatic rings. The van der Waals surface area contributed by atoms with Gasteiger partial charge in [0.05, 0.1) is 30.2 Å². The third-order valence-electron chi connectivity index (χ3n) is 11.6. The number of fused-ring (bicyclic) bond motifs is 2. The highest BCUT2D eigenvalue weighted by molar-refractivity contribution is 5.94. The van der Waals surface area contributed by atoms with E-state index in [9.17, 15) is 14.7 Å². The summed E-state index contributed by atoms with van der Waals surface area (Å²) >= 11 is 0. The number of benzene rings is 4. The Bertz CT molecular complexity index is 1950. The van der Waals surface area contributed by atoms with Gasteiger partial charge in [-0.25, -0.2) is 0 Å². The van der Waals surface area contributed by atoms with Crippen LogP contribution in [0.5, 0.6) is 0 Å². The van der Waals surface area contributed by atoms with Gasteiger partial charge in [-0.15, -0.1) is 0 Å². The summed E-state index contributed by atoms with van der Waals surface area (Å²) in [6.45, 7) is 9.68. The molecule has 9 heteroatoms. The Morgan fingerprint density at radius 1 is 0.855 bits per heavy atom. The first kappa shape index (κ1) is 38.7. The molecule has 1 aliphatic carbocycles. The highest BCUT2D eigenvalue weighted by Crippen LogP contribution is 2.53. The second-order valence-electron chi connectivity index (χ2n) is 17.0. The number of para-hydroxylation sites is 2. The number of rotatable bonds is 13. The van der Waals surface area contributed by atoms with Crippen molar-refractivity contribution in [1.82, 2.24) is 10.2 Å². The van der Waals surface area contributed by atoms with E-state index in [1.54, 1.807) is 12.1 Å². The quantitative estimate of drug-likeness (QED) is 0.102. The zero-order valence-electron chi connectivity index (χ0n) is 32.4. The van der Waals surface area contributed by atoms with E-state index in [0.29, 0.717) is 41.2 Å². The van der Waals surface area contributed by atoms with Crippen LogP contribution in [0.1, 0.15) is 100 Å². The first-order valence-corrected chi connectivity index (χ1v) is 19.8. The summed E-state index contributed by atoms with van der Waals surface area (Å²) in [4.78, 5) is 27.8. The van der Waals surface area contributed by atoms with Crippen LogP contribution in [0.25, 0.3) is 11.1 Å². The Balaban J connectivity index is 0.992. The van der Waals surface area contributed by atoms with Gasteiger partial charge < -0.3 is 30.9 Å². The third-order valence-corrected chi connectivity index (χ3v) is 11.6. The van der Waals surface area contributed by atoms with Gasteiger partial charge in [-0.1, -0.05) is 106 Å². The molecule has 7 rings (SSSR count). The van der Waals surface area contributed by atoms with Gasteiger partial charge in [0, 0.05) is 50.5 Å². The number of aliphatic hydroxyl groups is 1. The number of likely N-dealkylation sites (tertiary alicyclic amines) is 1. The van der Waals surface area contributed by atoms with Crippen LogP contribution in [0, 0.1) is 10.8 Å². The minimum atomic E-state index is -0.522. The SMILES string of the molecule is CC1(C)CC2CC(C)(CN2C[C@@H]2C[C@H](c3ccc(CO)cc3)O[C@H](c3ccc(-c4ccccc4CNC(=O)CCCC(=O)Nc4ccccc4N)cc3)O2)C1. The molecule has 5 N–H and O–H groups in total. The van der Waals surface area contributed by atoms with Crippen LogP contribution in [-0.4, -0.2) is 47.1 Å². The molecule has 0 aromatic heterocycles. The number of nitrogens with one attached hydrogen (secondary N) is 2. The maximum Gasteiger partial charge on any atom is 0.224 e. The minimum absolute atomic E-state index is 0.00777. The number of ether oxygens (including phenoxy) is 2. The molecule has 2 heterocycles. The average Bonchev–Trinajstić information content (AvgIpc) is 3.41. The predicted octanol–water partition coefficient (Wildman–Crippen LogP) is 8.30. The number of amides is 2. The Morgan fingerprint density at radius 2 is 1.56 bits per heavy atom. The molecule has 290 valence electrons. The second-order valence-corrected chi connectivity index (χ2v) is 17.0. The highest BCUT2D eigenvalue weighted by Gasteiger charge is 2.50. The van der Waals surface area contributed by atoms with Crippen molar-refractivity contribution in [3.8, 4) is 11.1 Å². The summed E-state index contributed by atoms with van der Waals surface area (Å²) in [7, 11) is 0. The zero-order chi connectivity index (χ0) is 38.6. The van der Waals surface area contributed by atoms with Crippen molar-refractivity contribution < 1.29 is 24.2 Å². The first-order valence-electron chi connectivity index (χ1n) is 19.8. The third kappa shape index (κ3) is 9.65. The smallest absolute Gasteiger partial charge is 0.224 e. The van der Waals surface area contributed by atoms with E-state index in [0.717, 1.165) is 52.9 Å². The van der Waals surface area contributed by atoms with Crippen molar-refractivity contribution in [2.24, 2.45) is 10.8 Å². The molecule has 3 fully saturated rings. The van der Waals surface area contributed by atoms with E-state index in [2.05, 4.69) is 78.8 Å². The van der Waals surface area contributed by atoms with Gasteiger partial charge in [0.15, 0.2) is 6.29 Å². The van der Waals surface area contributed by atoms with Gasteiger partial charge >= 0.3 is 0 Å². The fraction of sp³-hybridized carbons (Fsp3) is 0.435. The molecule has 2 unspecified atom stereocenters. The molecule has 2 saturated heterocycles. The van der Waals surface area contributed by atoms with Crippen molar-refractivity contribution in [3.05, 3.63) is 119 Å². The van der Waals surface area contributed by atoms with Crippen LogP contribution in [0.15, 0.2) is 97.1 Å². The van der Waals surface area contributed by atoms with E-state index in [4.69, 9.17) is 15.2 Å². The van der Waals surface area contributed by atoms with E-state index in [1.165, 1.54) is 19.3 Å². The second kappa shape index (κ2) is 16.7. The Kier molecular flexibility index (Phi) is 11.7. The fourth-order valence-corrected chi connectivity index (χ4v) is 9.38. The summed E-state index contributed by atoms with van der Waals surface area (Å²) in [6, 6.07) is 32.2. The topological polar surface area (TPSA) is 126 Å².